The van der Waals surface area contributed by atoms with Crippen LogP contribution in [-0.4, -0.2) is 16.0 Å². The summed E-state index contributed by atoms with van der Waals surface area (Å²) in [4.78, 5) is 0. The summed E-state index contributed by atoms with van der Waals surface area (Å²) < 4.78 is 48.4. The molecule has 0 aliphatic heterocycles. The molecule has 7 heteroatoms. The maximum atomic E-state index is 12.4. The minimum atomic E-state index is -4.42. The first-order valence-electron chi connectivity index (χ1n) is 3.27. The number of alkyl halides is 5. The molecule has 0 N–H and O–H groups in total. The Morgan fingerprint density at radius 1 is 1.54 bits per heavy atom. The molecule has 0 radical (unpaired) electrons. The van der Waals surface area contributed by atoms with Crippen LogP contribution in [0.5, 0.6) is 0 Å². The first kappa shape index (κ1) is 10.3. The van der Waals surface area contributed by atoms with Gasteiger partial charge in [0, 0.05) is 6.20 Å². The fourth-order valence-electron chi connectivity index (χ4n) is 0.830. The normalized spacial score (nSPS) is 14.5. The van der Waals surface area contributed by atoms with Crippen molar-refractivity contribution in [2.75, 3.05) is 0 Å². The van der Waals surface area contributed by atoms with E-state index in [4.69, 9.17) is 11.6 Å². The molecule has 1 aromatic heterocycles. The molecule has 1 rings (SSSR count). The maximum absolute atomic E-state index is 12.4. The summed E-state index contributed by atoms with van der Waals surface area (Å²) >= 11 is 4.98. The summed E-state index contributed by atoms with van der Waals surface area (Å²) in [5, 5.41) is 3.30. The Morgan fingerprint density at radius 3 is 2.62 bits per heavy atom. The number of rotatable bonds is 2. The summed E-state index contributed by atoms with van der Waals surface area (Å²) in [5.74, 6) is 0. The molecule has 0 fully saturated rings. The van der Waals surface area contributed by atoms with Crippen molar-refractivity contribution < 1.29 is 17.6 Å². The number of nitrogens with zero attached hydrogens (tertiary/aromatic N) is 2. The Hall–Kier alpha value is -0.780. The maximum Gasteiger partial charge on any atom is 0.408 e. The van der Waals surface area contributed by atoms with Gasteiger partial charge in [-0.1, -0.05) is 11.6 Å². The van der Waals surface area contributed by atoms with Crippen molar-refractivity contribution in [3.63, 3.8) is 0 Å². The summed E-state index contributed by atoms with van der Waals surface area (Å²) in [7, 11) is 0. The van der Waals surface area contributed by atoms with Crippen LogP contribution in [-0.2, 0) is 6.54 Å². The summed E-state index contributed by atoms with van der Waals surface area (Å²) in [6.45, 7) is -1.33. The highest BCUT2D eigenvalue weighted by Gasteiger charge is 2.30. The Balaban J connectivity index is 2.83. The zero-order valence-corrected chi connectivity index (χ0v) is 6.98. The van der Waals surface area contributed by atoms with Crippen molar-refractivity contribution in [1.82, 2.24) is 9.78 Å². The molecule has 1 unspecified atom stereocenters. The van der Waals surface area contributed by atoms with E-state index in [1.54, 1.807) is 0 Å². The molecule has 0 spiro atoms. The molecule has 1 atom stereocenters. The van der Waals surface area contributed by atoms with Gasteiger partial charge in [0.1, 0.15) is 6.54 Å². The van der Waals surface area contributed by atoms with E-state index in [-0.39, 0.29) is 5.69 Å². The Morgan fingerprint density at radius 2 is 2.15 bits per heavy atom. The topological polar surface area (TPSA) is 17.8 Å². The zero-order chi connectivity index (χ0) is 10.1. The van der Waals surface area contributed by atoms with E-state index in [0.29, 0.717) is 4.68 Å². The molecule has 74 valence electrons. The van der Waals surface area contributed by atoms with Gasteiger partial charge in [-0.2, -0.15) is 18.3 Å². The zero-order valence-electron chi connectivity index (χ0n) is 6.22. The lowest BCUT2D eigenvalue weighted by Crippen LogP contribution is -2.20. The first-order valence-corrected chi connectivity index (χ1v) is 3.70. The summed E-state index contributed by atoms with van der Waals surface area (Å²) in [5.41, 5.74) is -2.26. The van der Waals surface area contributed by atoms with Crippen molar-refractivity contribution in [2.24, 2.45) is 0 Å². The molecule has 0 aliphatic carbocycles. The van der Waals surface area contributed by atoms with E-state index < -0.39 is 18.4 Å². The molecular weight excluding hydrogens is 212 g/mol. The van der Waals surface area contributed by atoms with Gasteiger partial charge in [-0.05, 0) is 6.07 Å². The lowest BCUT2D eigenvalue weighted by atomic mass is 10.4. The Kier molecular flexibility index (Phi) is 2.80. The lowest BCUT2D eigenvalue weighted by Gasteiger charge is -2.09. The monoisotopic (exact) mass is 216 g/mol. The molecule has 0 aromatic carbocycles. The third-order valence-electron chi connectivity index (χ3n) is 1.30. The van der Waals surface area contributed by atoms with E-state index >= 15 is 0 Å². The molecule has 0 saturated heterocycles. The molecular formula is C6H5ClF4N2. The Bertz CT molecular complexity index is 280. The third-order valence-corrected chi connectivity index (χ3v) is 1.53. The standard InChI is InChI=1S/C6H5ClF4N2/c7-5(8)4-1-2-12-13(4)3-6(9,10)11/h1-2,5H,3H2. The third kappa shape index (κ3) is 2.87. The van der Waals surface area contributed by atoms with Crippen molar-refractivity contribution in [1.29, 1.82) is 0 Å². The second-order valence-corrected chi connectivity index (χ2v) is 2.71. The lowest BCUT2D eigenvalue weighted by molar-refractivity contribution is -0.143. The van der Waals surface area contributed by atoms with Crippen LogP contribution in [0.1, 0.15) is 11.3 Å². The van der Waals surface area contributed by atoms with Crippen LogP contribution in [0.15, 0.2) is 12.3 Å². The van der Waals surface area contributed by atoms with Crippen molar-refractivity contribution in [3.8, 4) is 0 Å². The minimum Gasteiger partial charge on any atom is -0.256 e. The average molecular weight is 217 g/mol. The highest BCUT2D eigenvalue weighted by Crippen LogP contribution is 2.24. The van der Waals surface area contributed by atoms with E-state index in [9.17, 15) is 17.6 Å². The van der Waals surface area contributed by atoms with Gasteiger partial charge in [0.25, 0.3) is 0 Å². The molecule has 0 amide bonds. The predicted octanol–water partition coefficient (Wildman–Crippen LogP) is 2.65. The van der Waals surface area contributed by atoms with Gasteiger partial charge in [0.15, 0.2) is 0 Å². The van der Waals surface area contributed by atoms with Gasteiger partial charge >= 0.3 is 6.18 Å². The van der Waals surface area contributed by atoms with Crippen LogP contribution in [0.25, 0.3) is 0 Å². The number of halogens is 5. The average Bonchev–Trinajstić information content (AvgIpc) is 2.31. The van der Waals surface area contributed by atoms with Crippen LogP contribution >= 0.6 is 11.6 Å². The minimum absolute atomic E-state index is 0.293. The van der Waals surface area contributed by atoms with Gasteiger partial charge in [-0.25, -0.2) is 4.39 Å². The Labute approximate surface area is 76.1 Å². The molecule has 2 nitrogen and oxygen atoms in total. The predicted molar refractivity (Wildman–Crippen MR) is 38.0 cm³/mol. The van der Waals surface area contributed by atoms with E-state index in [0.717, 1.165) is 12.3 Å². The first-order chi connectivity index (χ1) is 5.90. The molecule has 1 aromatic rings. The van der Waals surface area contributed by atoms with E-state index in [1.165, 1.54) is 0 Å². The van der Waals surface area contributed by atoms with Gasteiger partial charge in [0.2, 0.25) is 5.63 Å². The van der Waals surface area contributed by atoms with Crippen LogP contribution in [0, 0.1) is 0 Å². The number of aromatic nitrogens is 2. The SMILES string of the molecule is FC(Cl)c1ccnn1CC(F)(F)F. The van der Waals surface area contributed by atoms with Crippen molar-refractivity contribution >= 4 is 11.6 Å². The van der Waals surface area contributed by atoms with Gasteiger partial charge in [-0.15, -0.1) is 0 Å². The van der Waals surface area contributed by atoms with Crippen LogP contribution in [0.3, 0.4) is 0 Å². The van der Waals surface area contributed by atoms with E-state index in [1.807, 2.05) is 0 Å². The van der Waals surface area contributed by atoms with Crippen molar-refractivity contribution in [3.05, 3.63) is 18.0 Å². The second kappa shape index (κ2) is 3.53. The van der Waals surface area contributed by atoms with Crippen LogP contribution in [0.2, 0.25) is 0 Å². The molecule has 0 saturated carbocycles. The second-order valence-electron chi connectivity index (χ2n) is 2.33. The molecule has 13 heavy (non-hydrogen) atoms. The van der Waals surface area contributed by atoms with Gasteiger partial charge in [0.05, 0.1) is 5.69 Å². The largest absolute Gasteiger partial charge is 0.408 e. The molecule has 0 aliphatic rings. The van der Waals surface area contributed by atoms with Crippen molar-refractivity contribution in [2.45, 2.75) is 18.4 Å². The smallest absolute Gasteiger partial charge is 0.256 e. The quantitative estimate of drug-likeness (QED) is 0.549. The fourth-order valence-corrected chi connectivity index (χ4v) is 1.02. The summed E-state index contributed by atoms with van der Waals surface area (Å²) in [6, 6.07) is 1.10. The van der Waals surface area contributed by atoms with Crippen LogP contribution in [0.4, 0.5) is 17.6 Å². The van der Waals surface area contributed by atoms with Gasteiger partial charge in [-0.3, -0.25) is 4.68 Å². The van der Waals surface area contributed by atoms with Gasteiger partial charge < -0.3 is 0 Å². The molecule has 0 bridgehead atoms. The summed E-state index contributed by atoms with van der Waals surface area (Å²) in [6.07, 6.45) is -3.36. The van der Waals surface area contributed by atoms with E-state index in [2.05, 4.69) is 5.10 Å². The molecule has 1 heterocycles. The highest BCUT2D eigenvalue weighted by atomic mass is 35.5. The number of hydrogen-bond acceptors (Lipinski definition) is 1. The highest BCUT2D eigenvalue weighted by molar-refractivity contribution is 6.19. The fraction of sp³-hybridized carbons (Fsp3) is 0.500. The van der Waals surface area contributed by atoms with Crippen LogP contribution < -0.4 is 0 Å². The number of hydrogen-bond donors (Lipinski definition) is 0.